The van der Waals surface area contributed by atoms with Crippen molar-refractivity contribution in [3.8, 4) is 5.88 Å². The van der Waals surface area contributed by atoms with Gasteiger partial charge in [-0.05, 0) is 12.1 Å². The third kappa shape index (κ3) is 3.87. The van der Waals surface area contributed by atoms with Crippen LogP contribution in [-0.2, 0) is 4.74 Å². The van der Waals surface area contributed by atoms with Crippen molar-refractivity contribution in [2.24, 2.45) is 0 Å². The SMILES string of the molecule is COc1ncccc1NC(=O)N1CCOC(c2nnc(C(C)C)o2)C1. The van der Waals surface area contributed by atoms with E-state index < -0.39 is 6.10 Å². The number of methoxy groups -OCH3 is 1. The Morgan fingerprint density at radius 1 is 1.44 bits per heavy atom. The number of urea groups is 1. The van der Waals surface area contributed by atoms with Gasteiger partial charge in [-0.25, -0.2) is 9.78 Å². The van der Waals surface area contributed by atoms with E-state index in [1.165, 1.54) is 7.11 Å². The van der Waals surface area contributed by atoms with E-state index >= 15 is 0 Å². The minimum Gasteiger partial charge on any atom is -0.480 e. The summed E-state index contributed by atoms with van der Waals surface area (Å²) < 4.78 is 16.5. The predicted molar refractivity (Wildman–Crippen MR) is 88.5 cm³/mol. The first-order valence-electron chi connectivity index (χ1n) is 8.08. The number of ether oxygens (including phenoxy) is 2. The van der Waals surface area contributed by atoms with Crippen LogP contribution in [-0.4, -0.2) is 52.9 Å². The molecule has 2 aromatic rings. The quantitative estimate of drug-likeness (QED) is 0.904. The minimum absolute atomic E-state index is 0.141. The van der Waals surface area contributed by atoms with Crippen molar-refractivity contribution in [2.45, 2.75) is 25.9 Å². The topological polar surface area (TPSA) is 103 Å². The maximum atomic E-state index is 12.5. The Kier molecular flexibility index (Phi) is 5.13. The number of rotatable bonds is 4. The van der Waals surface area contributed by atoms with E-state index in [9.17, 15) is 4.79 Å². The lowest BCUT2D eigenvalue weighted by Gasteiger charge is -2.31. The molecular formula is C16H21N5O4. The minimum atomic E-state index is -0.435. The first-order valence-corrected chi connectivity index (χ1v) is 8.08. The van der Waals surface area contributed by atoms with Crippen LogP contribution in [0.15, 0.2) is 22.7 Å². The number of pyridine rings is 1. The van der Waals surface area contributed by atoms with Crippen molar-refractivity contribution in [3.63, 3.8) is 0 Å². The molecule has 2 amide bonds. The second-order valence-corrected chi connectivity index (χ2v) is 5.93. The number of nitrogens with zero attached hydrogens (tertiary/aromatic N) is 4. The normalized spacial score (nSPS) is 17.6. The molecule has 9 nitrogen and oxygen atoms in total. The third-order valence-corrected chi connectivity index (χ3v) is 3.79. The van der Waals surface area contributed by atoms with E-state index in [2.05, 4.69) is 20.5 Å². The number of nitrogens with one attached hydrogen (secondary N) is 1. The van der Waals surface area contributed by atoms with Crippen molar-refractivity contribution in [1.29, 1.82) is 0 Å². The monoisotopic (exact) mass is 347 g/mol. The maximum Gasteiger partial charge on any atom is 0.322 e. The molecule has 1 unspecified atom stereocenters. The Bertz CT molecular complexity index is 733. The molecule has 0 aliphatic carbocycles. The van der Waals surface area contributed by atoms with Crippen molar-refractivity contribution < 1.29 is 18.7 Å². The number of morpholine rings is 1. The molecule has 0 aromatic carbocycles. The van der Waals surface area contributed by atoms with Crippen LogP contribution in [0.5, 0.6) is 5.88 Å². The van der Waals surface area contributed by atoms with Gasteiger partial charge in [-0.1, -0.05) is 13.8 Å². The molecule has 0 radical (unpaired) electrons. The summed E-state index contributed by atoms with van der Waals surface area (Å²) in [6.45, 7) is 5.13. The molecule has 0 spiro atoms. The average Bonchev–Trinajstić information content (AvgIpc) is 3.13. The van der Waals surface area contributed by atoms with Gasteiger partial charge in [-0.15, -0.1) is 10.2 Å². The van der Waals surface area contributed by atoms with Crippen LogP contribution in [0.3, 0.4) is 0 Å². The summed E-state index contributed by atoms with van der Waals surface area (Å²) in [5, 5.41) is 10.9. The molecule has 1 aliphatic rings. The van der Waals surface area contributed by atoms with E-state index in [-0.39, 0.29) is 11.9 Å². The number of aromatic nitrogens is 3. The molecule has 2 aromatic heterocycles. The Hall–Kier alpha value is -2.68. The Balaban J connectivity index is 1.67. The van der Waals surface area contributed by atoms with E-state index in [0.717, 1.165) is 0 Å². The fourth-order valence-corrected chi connectivity index (χ4v) is 2.44. The van der Waals surface area contributed by atoms with E-state index in [0.29, 0.717) is 43.0 Å². The van der Waals surface area contributed by atoms with Gasteiger partial charge in [-0.3, -0.25) is 0 Å². The van der Waals surface area contributed by atoms with Gasteiger partial charge in [0, 0.05) is 18.7 Å². The molecule has 1 atom stereocenters. The number of hydrogen-bond acceptors (Lipinski definition) is 7. The molecule has 134 valence electrons. The lowest BCUT2D eigenvalue weighted by atomic mass is 10.2. The molecule has 25 heavy (non-hydrogen) atoms. The zero-order chi connectivity index (χ0) is 17.8. The van der Waals surface area contributed by atoms with E-state index in [4.69, 9.17) is 13.9 Å². The van der Waals surface area contributed by atoms with Crippen molar-refractivity contribution in [3.05, 3.63) is 30.1 Å². The Morgan fingerprint density at radius 3 is 3.00 bits per heavy atom. The van der Waals surface area contributed by atoms with Crippen LogP contribution in [0.4, 0.5) is 10.5 Å². The number of carbonyl (C=O) groups is 1. The molecule has 3 rings (SSSR count). The van der Waals surface area contributed by atoms with Gasteiger partial charge in [0.25, 0.3) is 0 Å². The van der Waals surface area contributed by atoms with Crippen molar-refractivity contribution in [2.75, 3.05) is 32.1 Å². The fourth-order valence-electron chi connectivity index (χ4n) is 2.44. The van der Waals surface area contributed by atoms with Gasteiger partial charge in [0.1, 0.15) is 5.69 Å². The number of carbonyl (C=O) groups excluding carboxylic acids is 1. The Morgan fingerprint density at radius 2 is 2.28 bits per heavy atom. The molecule has 3 heterocycles. The van der Waals surface area contributed by atoms with Gasteiger partial charge in [0.05, 0.1) is 20.3 Å². The second kappa shape index (κ2) is 7.47. The summed E-state index contributed by atoms with van der Waals surface area (Å²) in [6.07, 6.45) is 1.16. The first kappa shape index (κ1) is 17.2. The lowest BCUT2D eigenvalue weighted by molar-refractivity contribution is -0.0276. The van der Waals surface area contributed by atoms with Crippen LogP contribution >= 0.6 is 0 Å². The summed E-state index contributed by atoms with van der Waals surface area (Å²) in [6, 6.07) is 3.20. The molecule has 1 fully saturated rings. The van der Waals surface area contributed by atoms with Crippen LogP contribution in [0.1, 0.15) is 37.7 Å². The number of amides is 2. The second-order valence-electron chi connectivity index (χ2n) is 5.93. The smallest absolute Gasteiger partial charge is 0.322 e. The molecule has 1 saturated heterocycles. The number of hydrogen-bond donors (Lipinski definition) is 1. The first-order chi connectivity index (χ1) is 12.1. The lowest BCUT2D eigenvalue weighted by Crippen LogP contribution is -2.44. The predicted octanol–water partition coefficient (Wildman–Crippen LogP) is 2.20. The highest BCUT2D eigenvalue weighted by atomic mass is 16.5. The van der Waals surface area contributed by atoms with Gasteiger partial charge >= 0.3 is 6.03 Å². The zero-order valence-corrected chi connectivity index (χ0v) is 14.4. The van der Waals surface area contributed by atoms with Gasteiger partial charge in [0.2, 0.25) is 17.7 Å². The van der Waals surface area contributed by atoms with Crippen LogP contribution in [0.25, 0.3) is 0 Å². The highest BCUT2D eigenvalue weighted by molar-refractivity contribution is 5.90. The molecule has 0 saturated carbocycles. The highest BCUT2D eigenvalue weighted by Crippen LogP contribution is 2.25. The Labute approximate surface area is 145 Å². The molecule has 1 aliphatic heterocycles. The maximum absolute atomic E-state index is 12.5. The molecule has 1 N–H and O–H groups in total. The fraction of sp³-hybridized carbons (Fsp3) is 0.500. The highest BCUT2D eigenvalue weighted by Gasteiger charge is 2.30. The summed E-state index contributed by atoms with van der Waals surface area (Å²) >= 11 is 0. The largest absolute Gasteiger partial charge is 0.480 e. The molecule has 0 bridgehead atoms. The summed E-state index contributed by atoms with van der Waals surface area (Å²) in [4.78, 5) is 18.2. The van der Waals surface area contributed by atoms with Gasteiger partial charge < -0.3 is 24.1 Å². The van der Waals surface area contributed by atoms with Crippen LogP contribution in [0.2, 0.25) is 0 Å². The zero-order valence-electron chi connectivity index (χ0n) is 14.4. The number of anilines is 1. The average molecular weight is 347 g/mol. The third-order valence-electron chi connectivity index (χ3n) is 3.79. The summed E-state index contributed by atoms with van der Waals surface area (Å²) in [7, 11) is 1.50. The van der Waals surface area contributed by atoms with Crippen LogP contribution in [0, 0.1) is 0 Å². The summed E-state index contributed by atoms with van der Waals surface area (Å²) in [5.41, 5.74) is 0.512. The standard InChI is InChI=1S/C16H21N5O4/c1-10(2)13-19-20-15(25-13)12-9-21(7-8-24-12)16(22)18-11-5-4-6-17-14(11)23-3/h4-6,10,12H,7-9H2,1-3H3,(H,18,22). The van der Waals surface area contributed by atoms with Crippen LogP contribution < -0.4 is 10.1 Å². The van der Waals surface area contributed by atoms with E-state index in [1.807, 2.05) is 13.8 Å². The van der Waals surface area contributed by atoms with Gasteiger partial charge in [0.15, 0.2) is 6.10 Å². The summed E-state index contributed by atoms with van der Waals surface area (Å²) in [5.74, 6) is 1.45. The van der Waals surface area contributed by atoms with Crippen molar-refractivity contribution >= 4 is 11.7 Å². The van der Waals surface area contributed by atoms with Gasteiger partial charge in [-0.2, -0.15) is 0 Å². The molecule has 9 heteroatoms. The van der Waals surface area contributed by atoms with E-state index in [1.54, 1.807) is 23.2 Å². The molecular weight excluding hydrogens is 326 g/mol. The van der Waals surface area contributed by atoms with Crippen molar-refractivity contribution in [1.82, 2.24) is 20.1 Å².